The third kappa shape index (κ3) is 3.82. The molecule has 0 saturated carbocycles. The lowest BCUT2D eigenvalue weighted by molar-refractivity contribution is -0.904. The molecule has 0 aliphatic carbocycles. The third-order valence-corrected chi connectivity index (χ3v) is 3.81. The molecule has 1 aliphatic heterocycles. The zero-order chi connectivity index (χ0) is 14.5. The molecule has 1 heterocycles. The number of carbonyl (C=O) groups excluding carboxylic acids is 1. The molecular weight excluding hydrogens is 250 g/mol. The average Bonchev–Trinajstić information content (AvgIpc) is 2.37. The van der Waals surface area contributed by atoms with E-state index in [2.05, 4.69) is 25.2 Å². The quantitative estimate of drug-likeness (QED) is 0.864. The molecule has 106 valence electrons. The topological polar surface area (TPSA) is 57.3 Å². The summed E-state index contributed by atoms with van der Waals surface area (Å²) in [6.07, 6.45) is 1.25. The summed E-state index contributed by atoms with van der Waals surface area (Å²) in [4.78, 5) is 13.5. The van der Waals surface area contributed by atoms with Gasteiger partial charge in [-0.3, -0.25) is 4.79 Å². The van der Waals surface area contributed by atoms with Crippen molar-refractivity contribution in [2.75, 3.05) is 25.0 Å². The molecule has 1 saturated heterocycles. The molecule has 4 nitrogen and oxygen atoms in total. The minimum atomic E-state index is -0.0102. The number of benzene rings is 1. The lowest BCUT2D eigenvalue weighted by Crippen LogP contribution is -3.15. The number of anilines is 1. The van der Waals surface area contributed by atoms with Gasteiger partial charge in [0.2, 0.25) is 0 Å². The summed E-state index contributed by atoms with van der Waals surface area (Å²) in [6, 6.07) is 9.21. The van der Waals surface area contributed by atoms with Crippen LogP contribution < -0.4 is 10.2 Å². The summed E-state index contributed by atoms with van der Waals surface area (Å²) < 4.78 is 0. The maximum Gasteiger partial charge on any atom is 0.279 e. The Balaban J connectivity index is 1.94. The van der Waals surface area contributed by atoms with Gasteiger partial charge < -0.3 is 10.2 Å². The summed E-state index contributed by atoms with van der Waals surface area (Å²) in [5, 5.41) is 11.9. The van der Waals surface area contributed by atoms with E-state index in [1.54, 1.807) is 18.2 Å². The molecule has 0 radical (unpaired) electrons. The number of nitrogens with zero attached hydrogens (tertiary/aromatic N) is 1. The van der Waals surface area contributed by atoms with Gasteiger partial charge >= 0.3 is 0 Å². The summed E-state index contributed by atoms with van der Waals surface area (Å²) >= 11 is 0. The van der Waals surface area contributed by atoms with E-state index in [1.165, 1.54) is 11.3 Å². The van der Waals surface area contributed by atoms with Crippen LogP contribution in [-0.2, 0) is 4.79 Å². The Labute approximate surface area is 120 Å². The normalized spacial score (nSPS) is 25.8. The molecule has 1 aliphatic rings. The fraction of sp³-hybridized carbons (Fsp3) is 0.500. The first-order chi connectivity index (χ1) is 9.58. The number of quaternary nitrogens is 1. The monoisotopic (exact) mass is 272 g/mol. The Bertz CT molecular complexity index is 511. The van der Waals surface area contributed by atoms with Crippen molar-refractivity contribution in [3.63, 3.8) is 0 Å². The lowest BCUT2D eigenvalue weighted by atomic mass is 9.92. The number of nitriles is 1. The molecule has 0 bridgehead atoms. The van der Waals surface area contributed by atoms with Crippen molar-refractivity contribution in [2.24, 2.45) is 11.8 Å². The first-order valence-electron chi connectivity index (χ1n) is 7.21. The number of hydrogen-bond donors (Lipinski definition) is 2. The maximum atomic E-state index is 12.1. The van der Waals surface area contributed by atoms with Crippen molar-refractivity contribution in [3.8, 4) is 6.07 Å². The van der Waals surface area contributed by atoms with Crippen LogP contribution in [0.2, 0.25) is 0 Å². The number of nitrogens with one attached hydrogen (secondary N) is 2. The van der Waals surface area contributed by atoms with E-state index in [4.69, 9.17) is 5.26 Å². The van der Waals surface area contributed by atoms with Crippen LogP contribution in [0.15, 0.2) is 24.3 Å². The van der Waals surface area contributed by atoms with Gasteiger partial charge in [0.05, 0.1) is 24.3 Å². The van der Waals surface area contributed by atoms with Crippen LogP contribution in [0, 0.1) is 23.2 Å². The zero-order valence-electron chi connectivity index (χ0n) is 12.1. The second-order valence-corrected chi connectivity index (χ2v) is 5.99. The van der Waals surface area contributed by atoms with Gasteiger partial charge in [0.15, 0.2) is 6.54 Å². The van der Waals surface area contributed by atoms with Crippen LogP contribution in [0.25, 0.3) is 0 Å². The second kappa shape index (κ2) is 6.53. The average molecular weight is 272 g/mol. The maximum absolute atomic E-state index is 12.1. The first kappa shape index (κ1) is 14.5. The highest BCUT2D eigenvalue weighted by atomic mass is 16.2. The molecule has 0 spiro atoms. The minimum Gasteiger partial charge on any atom is -0.327 e. The highest BCUT2D eigenvalue weighted by Gasteiger charge is 2.26. The number of hydrogen-bond acceptors (Lipinski definition) is 2. The standard InChI is InChI=1S/C16H21N3O/c1-12-7-13(2)10-19(9-12)11-16(20)18-15-6-4-3-5-14(15)8-17/h3-6,12-13H,7,9-11H2,1-2H3,(H,18,20)/p+1/t12-,13+. The van der Waals surface area contributed by atoms with Gasteiger partial charge in [0, 0.05) is 11.8 Å². The molecule has 4 heteroatoms. The number of piperidine rings is 1. The van der Waals surface area contributed by atoms with Crippen LogP contribution >= 0.6 is 0 Å². The van der Waals surface area contributed by atoms with Gasteiger partial charge in [0.25, 0.3) is 5.91 Å². The number of amides is 1. The number of likely N-dealkylation sites (tertiary alicyclic amines) is 1. The molecule has 1 aromatic rings. The number of carbonyl (C=O) groups is 1. The molecule has 1 fully saturated rings. The molecule has 2 N–H and O–H groups in total. The summed E-state index contributed by atoms with van der Waals surface area (Å²) in [7, 11) is 0. The van der Waals surface area contributed by atoms with E-state index in [-0.39, 0.29) is 5.91 Å². The molecule has 1 aromatic carbocycles. The molecule has 0 aromatic heterocycles. The van der Waals surface area contributed by atoms with E-state index in [0.717, 1.165) is 13.1 Å². The number of para-hydroxylation sites is 1. The zero-order valence-corrected chi connectivity index (χ0v) is 12.1. The van der Waals surface area contributed by atoms with Crippen molar-refractivity contribution in [2.45, 2.75) is 20.3 Å². The fourth-order valence-electron chi connectivity index (χ4n) is 3.18. The molecule has 1 amide bonds. The van der Waals surface area contributed by atoms with E-state index >= 15 is 0 Å². The number of rotatable bonds is 3. The van der Waals surface area contributed by atoms with Crippen molar-refractivity contribution in [3.05, 3.63) is 29.8 Å². The van der Waals surface area contributed by atoms with Gasteiger partial charge in [-0.1, -0.05) is 26.0 Å². The smallest absolute Gasteiger partial charge is 0.279 e. The highest BCUT2D eigenvalue weighted by molar-refractivity contribution is 5.92. The van der Waals surface area contributed by atoms with Crippen LogP contribution in [-0.4, -0.2) is 25.5 Å². The Morgan fingerprint density at radius 3 is 2.65 bits per heavy atom. The molecule has 1 unspecified atom stereocenters. The summed E-state index contributed by atoms with van der Waals surface area (Å²) in [6.45, 7) is 7.08. The van der Waals surface area contributed by atoms with E-state index < -0.39 is 0 Å². The predicted octanol–water partition coefficient (Wildman–Crippen LogP) is 1.06. The van der Waals surface area contributed by atoms with Crippen LogP contribution in [0.5, 0.6) is 0 Å². The minimum absolute atomic E-state index is 0.0102. The molecule has 2 rings (SSSR count). The van der Waals surface area contributed by atoms with Crippen molar-refractivity contribution in [1.82, 2.24) is 0 Å². The SMILES string of the molecule is C[C@@H]1C[C@H](C)C[NH+](CC(=O)Nc2ccccc2C#N)C1. The van der Waals surface area contributed by atoms with Crippen LogP contribution in [0.4, 0.5) is 5.69 Å². The van der Waals surface area contributed by atoms with E-state index in [1.807, 2.05) is 6.07 Å². The Morgan fingerprint density at radius 2 is 2.00 bits per heavy atom. The first-order valence-corrected chi connectivity index (χ1v) is 7.21. The second-order valence-electron chi connectivity index (χ2n) is 5.99. The molecular formula is C16H22N3O+. The van der Waals surface area contributed by atoms with E-state index in [9.17, 15) is 4.79 Å². The summed E-state index contributed by atoms with van der Waals surface area (Å²) in [5.74, 6) is 1.34. The van der Waals surface area contributed by atoms with Gasteiger partial charge in [-0.25, -0.2) is 0 Å². The van der Waals surface area contributed by atoms with Crippen LogP contribution in [0.1, 0.15) is 25.8 Å². The predicted molar refractivity (Wildman–Crippen MR) is 78.3 cm³/mol. The Kier molecular flexibility index (Phi) is 4.75. The Morgan fingerprint density at radius 1 is 1.35 bits per heavy atom. The van der Waals surface area contributed by atoms with Crippen LogP contribution in [0.3, 0.4) is 0 Å². The van der Waals surface area contributed by atoms with Gasteiger partial charge in [-0.05, 0) is 18.6 Å². The Hall–Kier alpha value is -1.86. The highest BCUT2D eigenvalue weighted by Crippen LogP contribution is 2.14. The fourth-order valence-corrected chi connectivity index (χ4v) is 3.18. The van der Waals surface area contributed by atoms with Crippen molar-refractivity contribution < 1.29 is 9.69 Å². The van der Waals surface area contributed by atoms with Gasteiger partial charge in [0.1, 0.15) is 6.07 Å². The van der Waals surface area contributed by atoms with Crippen molar-refractivity contribution >= 4 is 11.6 Å². The lowest BCUT2D eigenvalue weighted by Gasteiger charge is -2.31. The van der Waals surface area contributed by atoms with E-state index in [0.29, 0.717) is 29.6 Å². The van der Waals surface area contributed by atoms with Gasteiger partial charge in [-0.15, -0.1) is 0 Å². The molecule has 3 atom stereocenters. The summed E-state index contributed by atoms with van der Waals surface area (Å²) in [5.41, 5.74) is 1.12. The third-order valence-electron chi connectivity index (χ3n) is 3.81. The van der Waals surface area contributed by atoms with Gasteiger partial charge in [-0.2, -0.15) is 5.26 Å². The molecule has 20 heavy (non-hydrogen) atoms. The largest absolute Gasteiger partial charge is 0.327 e. The van der Waals surface area contributed by atoms with Crippen molar-refractivity contribution in [1.29, 1.82) is 5.26 Å².